The minimum Gasteiger partial charge on any atom is -0.465 e. The third-order valence-corrected chi connectivity index (χ3v) is 6.06. The highest BCUT2D eigenvalue weighted by molar-refractivity contribution is 5.14. The van der Waals surface area contributed by atoms with E-state index in [1.165, 1.54) is 32.1 Å². The molecule has 4 aliphatic carbocycles. The van der Waals surface area contributed by atoms with Crippen molar-refractivity contribution in [3.63, 3.8) is 0 Å². The van der Waals surface area contributed by atoms with Crippen LogP contribution in [0, 0.1) is 36.5 Å². The summed E-state index contributed by atoms with van der Waals surface area (Å²) in [5.74, 6) is 7.00. The lowest BCUT2D eigenvalue weighted by molar-refractivity contribution is -0.0543. The first kappa shape index (κ1) is 12.0. The van der Waals surface area contributed by atoms with Crippen LogP contribution in [0.3, 0.4) is 0 Å². The summed E-state index contributed by atoms with van der Waals surface area (Å²) >= 11 is 0. The lowest BCUT2D eigenvalue weighted by Crippen LogP contribution is -2.49. The summed E-state index contributed by atoms with van der Waals surface area (Å²) in [6.45, 7) is 2.05. The van der Waals surface area contributed by atoms with Crippen molar-refractivity contribution in [3.8, 4) is 0 Å². The predicted octanol–water partition coefficient (Wildman–Crippen LogP) is 3.92. The van der Waals surface area contributed by atoms with E-state index in [1.54, 1.807) is 0 Å². The standard InChI is InChI=1S/C17H25NO/c1-10-3-4-15(19-10)17(18-2)16-13-6-11-5-12(8-13)9-14(16)7-11/h3-4,11-14,16-18H,5-9H2,1-2H3. The molecule has 0 aromatic carbocycles. The van der Waals surface area contributed by atoms with Crippen molar-refractivity contribution in [2.24, 2.45) is 29.6 Å². The molecule has 4 bridgehead atoms. The topological polar surface area (TPSA) is 25.2 Å². The Morgan fingerprint density at radius 3 is 2.16 bits per heavy atom. The third-order valence-electron chi connectivity index (χ3n) is 6.06. The first-order valence-corrected chi connectivity index (χ1v) is 7.98. The van der Waals surface area contributed by atoms with Crippen LogP contribution in [0.5, 0.6) is 0 Å². The lowest BCUT2D eigenvalue weighted by Gasteiger charge is -2.56. The van der Waals surface area contributed by atoms with Gasteiger partial charge in [0, 0.05) is 0 Å². The maximum Gasteiger partial charge on any atom is 0.121 e. The highest BCUT2D eigenvalue weighted by atomic mass is 16.3. The summed E-state index contributed by atoms with van der Waals surface area (Å²) in [6, 6.07) is 4.72. The van der Waals surface area contributed by atoms with Crippen LogP contribution in [0.25, 0.3) is 0 Å². The average molecular weight is 259 g/mol. The van der Waals surface area contributed by atoms with Crippen molar-refractivity contribution < 1.29 is 4.42 Å². The second-order valence-electron chi connectivity index (χ2n) is 7.22. The highest BCUT2D eigenvalue weighted by Gasteiger charge is 2.50. The van der Waals surface area contributed by atoms with Crippen molar-refractivity contribution in [1.29, 1.82) is 0 Å². The fourth-order valence-corrected chi connectivity index (χ4v) is 5.66. The molecular formula is C17H25NO. The van der Waals surface area contributed by atoms with Crippen LogP contribution in [0.1, 0.15) is 49.7 Å². The zero-order valence-corrected chi connectivity index (χ0v) is 12.1. The normalized spacial score (nSPS) is 41.7. The molecule has 1 aromatic heterocycles. The Kier molecular flexibility index (Phi) is 2.77. The van der Waals surface area contributed by atoms with E-state index in [0.29, 0.717) is 6.04 Å². The van der Waals surface area contributed by atoms with E-state index in [1.807, 2.05) is 6.92 Å². The Balaban J connectivity index is 1.63. The molecule has 1 unspecified atom stereocenters. The van der Waals surface area contributed by atoms with Gasteiger partial charge in [-0.1, -0.05) is 0 Å². The molecule has 4 aliphatic rings. The van der Waals surface area contributed by atoms with Gasteiger partial charge in [0.25, 0.3) is 0 Å². The monoisotopic (exact) mass is 259 g/mol. The average Bonchev–Trinajstić information content (AvgIpc) is 2.79. The van der Waals surface area contributed by atoms with E-state index in [-0.39, 0.29) is 0 Å². The zero-order chi connectivity index (χ0) is 13.0. The fraction of sp³-hybridized carbons (Fsp3) is 0.765. The second-order valence-corrected chi connectivity index (χ2v) is 7.22. The molecule has 1 aromatic rings. The number of hydrogen-bond donors (Lipinski definition) is 1. The van der Waals surface area contributed by atoms with Crippen LogP contribution >= 0.6 is 0 Å². The summed E-state index contributed by atoms with van der Waals surface area (Å²) in [7, 11) is 2.10. The van der Waals surface area contributed by atoms with Crippen LogP contribution < -0.4 is 5.32 Å². The molecule has 19 heavy (non-hydrogen) atoms. The molecule has 104 valence electrons. The van der Waals surface area contributed by atoms with Crippen LogP contribution in [0.4, 0.5) is 0 Å². The summed E-state index contributed by atoms with van der Waals surface area (Å²) in [6.07, 6.45) is 7.46. The molecule has 0 radical (unpaired) electrons. The third kappa shape index (κ3) is 1.87. The minimum atomic E-state index is 0.434. The van der Waals surface area contributed by atoms with Crippen molar-refractivity contribution in [1.82, 2.24) is 5.32 Å². The fourth-order valence-electron chi connectivity index (χ4n) is 5.66. The smallest absolute Gasteiger partial charge is 0.121 e. The maximum absolute atomic E-state index is 5.93. The molecule has 1 atom stereocenters. The van der Waals surface area contributed by atoms with Crippen molar-refractivity contribution in [3.05, 3.63) is 23.7 Å². The van der Waals surface area contributed by atoms with Gasteiger partial charge in [0.15, 0.2) is 0 Å². The maximum atomic E-state index is 5.93. The molecule has 4 saturated carbocycles. The van der Waals surface area contributed by atoms with E-state index < -0.39 is 0 Å². The van der Waals surface area contributed by atoms with E-state index in [0.717, 1.165) is 41.1 Å². The quantitative estimate of drug-likeness (QED) is 0.890. The SMILES string of the molecule is CNC(c1ccc(C)o1)C1C2CC3CC(C2)CC1C3. The van der Waals surface area contributed by atoms with Crippen LogP contribution in [0.2, 0.25) is 0 Å². The van der Waals surface area contributed by atoms with Gasteiger partial charge in [-0.05, 0) is 87.8 Å². The van der Waals surface area contributed by atoms with Crippen LogP contribution in [0.15, 0.2) is 16.5 Å². The molecule has 4 fully saturated rings. The molecule has 2 heteroatoms. The number of nitrogens with one attached hydrogen (secondary N) is 1. The molecule has 1 heterocycles. The summed E-state index contributed by atoms with van der Waals surface area (Å²) < 4.78 is 5.93. The van der Waals surface area contributed by atoms with Crippen molar-refractivity contribution in [2.45, 2.75) is 45.1 Å². The summed E-state index contributed by atoms with van der Waals surface area (Å²) in [4.78, 5) is 0. The predicted molar refractivity (Wildman–Crippen MR) is 75.8 cm³/mol. The lowest BCUT2D eigenvalue weighted by atomic mass is 9.50. The Morgan fingerprint density at radius 1 is 1.05 bits per heavy atom. The molecule has 0 aliphatic heterocycles. The van der Waals surface area contributed by atoms with Crippen LogP contribution in [-0.4, -0.2) is 7.05 Å². The summed E-state index contributed by atoms with van der Waals surface area (Å²) in [5.41, 5.74) is 0. The van der Waals surface area contributed by atoms with Crippen LogP contribution in [-0.2, 0) is 0 Å². The first-order valence-electron chi connectivity index (χ1n) is 7.98. The number of hydrogen-bond acceptors (Lipinski definition) is 2. The first-order chi connectivity index (χ1) is 9.24. The van der Waals surface area contributed by atoms with Gasteiger partial charge in [-0.25, -0.2) is 0 Å². The van der Waals surface area contributed by atoms with E-state index >= 15 is 0 Å². The second kappa shape index (κ2) is 4.37. The Bertz CT molecular complexity index is 436. The highest BCUT2D eigenvalue weighted by Crippen LogP contribution is 2.59. The van der Waals surface area contributed by atoms with Gasteiger partial charge < -0.3 is 9.73 Å². The number of aryl methyl sites for hydroxylation is 1. The van der Waals surface area contributed by atoms with Crippen molar-refractivity contribution >= 4 is 0 Å². The molecule has 5 rings (SSSR count). The van der Waals surface area contributed by atoms with E-state index in [2.05, 4.69) is 24.5 Å². The minimum absolute atomic E-state index is 0.434. The van der Waals surface area contributed by atoms with Crippen molar-refractivity contribution in [2.75, 3.05) is 7.05 Å². The number of furan rings is 1. The molecular weight excluding hydrogens is 234 g/mol. The van der Waals surface area contributed by atoms with Gasteiger partial charge in [0.2, 0.25) is 0 Å². The molecule has 1 N–H and O–H groups in total. The summed E-state index contributed by atoms with van der Waals surface area (Å²) in [5, 5.41) is 3.57. The largest absolute Gasteiger partial charge is 0.465 e. The van der Waals surface area contributed by atoms with Gasteiger partial charge in [0.1, 0.15) is 11.5 Å². The molecule has 0 spiro atoms. The Morgan fingerprint density at radius 2 is 1.68 bits per heavy atom. The van der Waals surface area contributed by atoms with Gasteiger partial charge in [-0.2, -0.15) is 0 Å². The Labute approximate surface area is 116 Å². The zero-order valence-electron chi connectivity index (χ0n) is 12.1. The van der Waals surface area contributed by atoms with Gasteiger partial charge in [-0.15, -0.1) is 0 Å². The number of rotatable bonds is 3. The van der Waals surface area contributed by atoms with Gasteiger partial charge in [-0.3, -0.25) is 0 Å². The van der Waals surface area contributed by atoms with E-state index in [9.17, 15) is 0 Å². The molecule has 0 saturated heterocycles. The Hall–Kier alpha value is -0.760. The van der Waals surface area contributed by atoms with Gasteiger partial charge >= 0.3 is 0 Å². The molecule has 0 amide bonds. The molecule has 2 nitrogen and oxygen atoms in total. The van der Waals surface area contributed by atoms with E-state index in [4.69, 9.17) is 4.42 Å². The van der Waals surface area contributed by atoms with Gasteiger partial charge in [0.05, 0.1) is 6.04 Å².